The van der Waals surface area contributed by atoms with Crippen LogP contribution in [0.25, 0.3) is 0 Å². The second kappa shape index (κ2) is 6.00. The van der Waals surface area contributed by atoms with Gasteiger partial charge in [0.05, 0.1) is 17.3 Å². The number of rotatable bonds is 5. The van der Waals surface area contributed by atoms with E-state index in [0.717, 1.165) is 0 Å². The first-order chi connectivity index (χ1) is 8.39. The quantitative estimate of drug-likeness (QED) is 0.768. The van der Waals surface area contributed by atoms with Crippen molar-refractivity contribution in [3.05, 3.63) is 30.3 Å². The maximum Gasteiger partial charge on any atom is 0.305 e. The van der Waals surface area contributed by atoms with Crippen molar-refractivity contribution in [1.29, 1.82) is 0 Å². The molecule has 0 saturated heterocycles. The molecule has 1 aromatic rings. The lowest BCUT2D eigenvalue weighted by molar-refractivity contribution is -0.141. The molecular weight excluding hydrogens is 252 g/mol. The Kier molecular flexibility index (Phi) is 4.90. The molecule has 0 saturated carbocycles. The van der Waals surface area contributed by atoms with Crippen LogP contribution in [0.2, 0.25) is 0 Å². The molecule has 0 radical (unpaired) electrons. The van der Waals surface area contributed by atoms with Crippen molar-refractivity contribution in [2.45, 2.75) is 30.4 Å². The zero-order chi connectivity index (χ0) is 13.8. The van der Waals surface area contributed by atoms with Gasteiger partial charge in [0.25, 0.3) is 0 Å². The summed E-state index contributed by atoms with van der Waals surface area (Å²) >= 11 is 0. The highest BCUT2D eigenvalue weighted by atomic mass is 32.2. The molecule has 0 aliphatic carbocycles. The Hall–Kier alpha value is -1.36. The third-order valence-electron chi connectivity index (χ3n) is 3.08. The summed E-state index contributed by atoms with van der Waals surface area (Å²) in [5.41, 5.74) is 0. The number of hydrogen-bond donors (Lipinski definition) is 0. The first-order valence-electron chi connectivity index (χ1n) is 5.75. The minimum Gasteiger partial charge on any atom is -0.469 e. The topological polar surface area (TPSA) is 60.4 Å². The molecular formula is C13H18O4S. The number of ether oxygens (including phenoxy) is 1. The molecule has 4 nitrogen and oxygen atoms in total. The molecule has 2 unspecified atom stereocenters. The van der Waals surface area contributed by atoms with Gasteiger partial charge in [-0.3, -0.25) is 4.79 Å². The lowest BCUT2D eigenvalue weighted by Crippen LogP contribution is -2.27. The Bertz CT molecular complexity index is 493. The summed E-state index contributed by atoms with van der Waals surface area (Å²) in [5.74, 6) is -0.680. The molecule has 0 amide bonds. The van der Waals surface area contributed by atoms with Gasteiger partial charge in [0.2, 0.25) is 0 Å². The van der Waals surface area contributed by atoms with E-state index in [0.29, 0.717) is 0 Å². The molecule has 5 heteroatoms. The Morgan fingerprint density at radius 2 is 1.78 bits per heavy atom. The number of methoxy groups -OCH3 is 1. The second-order valence-corrected chi connectivity index (χ2v) is 6.63. The number of esters is 1. The van der Waals surface area contributed by atoms with Crippen LogP contribution in [0.1, 0.15) is 20.3 Å². The third-order valence-corrected chi connectivity index (χ3v) is 5.45. The van der Waals surface area contributed by atoms with Crippen LogP contribution in [0.15, 0.2) is 35.2 Å². The number of carbonyl (C=O) groups excluding carboxylic acids is 1. The highest BCUT2D eigenvalue weighted by Gasteiger charge is 2.29. The van der Waals surface area contributed by atoms with Crippen LogP contribution in [0.3, 0.4) is 0 Å². The molecule has 0 aliphatic heterocycles. The largest absolute Gasteiger partial charge is 0.469 e. The smallest absolute Gasteiger partial charge is 0.305 e. The SMILES string of the molecule is COC(=O)CC(C)C(C)S(=O)(=O)c1ccccc1. The van der Waals surface area contributed by atoms with Crippen molar-refractivity contribution in [3.63, 3.8) is 0 Å². The van der Waals surface area contributed by atoms with E-state index in [4.69, 9.17) is 0 Å². The molecule has 0 bridgehead atoms. The molecule has 1 rings (SSSR count). The summed E-state index contributed by atoms with van der Waals surface area (Å²) in [6.45, 7) is 3.36. The Balaban J connectivity index is 2.89. The van der Waals surface area contributed by atoms with Gasteiger partial charge in [0.15, 0.2) is 9.84 Å². The summed E-state index contributed by atoms with van der Waals surface area (Å²) in [5, 5.41) is -0.626. The van der Waals surface area contributed by atoms with Crippen LogP contribution in [0.5, 0.6) is 0 Å². The van der Waals surface area contributed by atoms with Gasteiger partial charge < -0.3 is 4.74 Å². The van der Waals surface area contributed by atoms with Gasteiger partial charge in [0, 0.05) is 6.42 Å². The lowest BCUT2D eigenvalue weighted by Gasteiger charge is -2.19. The van der Waals surface area contributed by atoms with E-state index >= 15 is 0 Å². The molecule has 2 atom stereocenters. The summed E-state index contributed by atoms with van der Waals surface area (Å²) in [7, 11) is -2.10. The molecule has 18 heavy (non-hydrogen) atoms. The van der Waals surface area contributed by atoms with Crippen LogP contribution in [0.4, 0.5) is 0 Å². The van der Waals surface area contributed by atoms with Gasteiger partial charge in [0.1, 0.15) is 0 Å². The molecule has 1 aromatic carbocycles. The predicted octanol–water partition coefficient (Wildman–Crippen LogP) is 2.05. The number of sulfone groups is 1. The summed E-state index contributed by atoms with van der Waals surface area (Å²) in [4.78, 5) is 11.5. The lowest BCUT2D eigenvalue weighted by atomic mass is 10.1. The normalized spacial score (nSPS) is 14.8. The number of benzene rings is 1. The molecule has 0 spiro atoms. The van der Waals surface area contributed by atoms with Gasteiger partial charge >= 0.3 is 5.97 Å². The minimum absolute atomic E-state index is 0.101. The highest BCUT2D eigenvalue weighted by Crippen LogP contribution is 2.23. The zero-order valence-corrected chi connectivity index (χ0v) is 11.6. The van der Waals surface area contributed by atoms with E-state index in [9.17, 15) is 13.2 Å². The Labute approximate surface area is 108 Å². The van der Waals surface area contributed by atoms with Gasteiger partial charge in [-0.1, -0.05) is 25.1 Å². The van der Waals surface area contributed by atoms with Crippen LogP contribution in [-0.2, 0) is 19.4 Å². The number of hydrogen-bond acceptors (Lipinski definition) is 4. The second-order valence-electron chi connectivity index (χ2n) is 4.32. The molecule has 100 valence electrons. The minimum atomic E-state index is -3.40. The first kappa shape index (κ1) is 14.7. The average molecular weight is 270 g/mol. The van der Waals surface area contributed by atoms with Crippen LogP contribution in [-0.4, -0.2) is 26.7 Å². The van der Waals surface area contributed by atoms with Gasteiger partial charge in [-0.2, -0.15) is 0 Å². The Morgan fingerprint density at radius 3 is 2.28 bits per heavy atom. The fourth-order valence-electron chi connectivity index (χ4n) is 1.64. The maximum atomic E-state index is 12.3. The van der Waals surface area contributed by atoms with E-state index in [1.165, 1.54) is 7.11 Å². The van der Waals surface area contributed by atoms with Crippen molar-refractivity contribution < 1.29 is 17.9 Å². The summed E-state index contributed by atoms with van der Waals surface area (Å²) in [6.07, 6.45) is 0.101. The average Bonchev–Trinajstić information content (AvgIpc) is 2.38. The van der Waals surface area contributed by atoms with Crippen LogP contribution in [0, 0.1) is 5.92 Å². The van der Waals surface area contributed by atoms with E-state index in [2.05, 4.69) is 4.74 Å². The van der Waals surface area contributed by atoms with E-state index in [-0.39, 0.29) is 17.2 Å². The molecule has 0 aromatic heterocycles. The highest BCUT2D eigenvalue weighted by molar-refractivity contribution is 7.92. The monoisotopic (exact) mass is 270 g/mol. The first-order valence-corrected chi connectivity index (χ1v) is 7.30. The van der Waals surface area contributed by atoms with Crippen LogP contribution < -0.4 is 0 Å². The van der Waals surface area contributed by atoms with Crippen molar-refractivity contribution in [2.75, 3.05) is 7.11 Å². The third kappa shape index (κ3) is 3.32. The Morgan fingerprint density at radius 1 is 1.22 bits per heavy atom. The van der Waals surface area contributed by atoms with Crippen molar-refractivity contribution in [2.24, 2.45) is 5.92 Å². The van der Waals surface area contributed by atoms with E-state index in [1.807, 2.05) is 0 Å². The molecule has 0 fully saturated rings. The van der Waals surface area contributed by atoms with Crippen molar-refractivity contribution in [1.82, 2.24) is 0 Å². The molecule has 0 aliphatic rings. The van der Waals surface area contributed by atoms with Gasteiger partial charge in [-0.05, 0) is 25.0 Å². The van der Waals surface area contributed by atoms with Gasteiger partial charge in [-0.25, -0.2) is 8.42 Å². The fourth-order valence-corrected chi connectivity index (χ4v) is 3.32. The van der Waals surface area contributed by atoms with Gasteiger partial charge in [-0.15, -0.1) is 0 Å². The number of carbonyl (C=O) groups is 1. The van der Waals surface area contributed by atoms with Crippen LogP contribution >= 0.6 is 0 Å². The summed E-state index contributed by atoms with van der Waals surface area (Å²) < 4.78 is 29.1. The fraction of sp³-hybridized carbons (Fsp3) is 0.462. The summed E-state index contributed by atoms with van der Waals surface area (Å²) in [6, 6.07) is 8.27. The van der Waals surface area contributed by atoms with Crippen molar-refractivity contribution in [3.8, 4) is 0 Å². The standard InChI is InChI=1S/C13H18O4S/c1-10(9-13(14)17-3)11(2)18(15,16)12-7-5-4-6-8-12/h4-8,10-11H,9H2,1-3H3. The molecule has 0 N–H and O–H groups in total. The van der Waals surface area contributed by atoms with E-state index in [1.54, 1.807) is 44.2 Å². The van der Waals surface area contributed by atoms with E-state index < -0.39 is 21.1 Å². The molecule has 0 heterocycles. The predicted molar refractivity (Wildman–Crippen MR) is 68.9 cm³/mol. The maximum absolute atomic E-state index is 12.3. The zero-order valence-electron chi connectivity index (χ0n) is 10.8. The van der Waals surface area contributed by atoms with Crippen molar-refractivity contribution >= 4 is 15.8 Å².